The Morgan fingerprint density at radius 3 is 2.82 bits per heavy atom. The maximum Gasteiger partial charge on any atom is 0.318 e. The van der Waals surface area contributed by atoms with Crippen LogP contribution in [-0.2, 0) is 20.7 Å². The Hall–Kier alpha value is -1.61. The summed E-state index contributed by atoms with van der Waals surface area (Å²) in [5.74, 6) is 0.785. The fourth-order valence-corrected chi connectivity index (χ4v) is 3.56. The Bertz CT molecular complexity index is 615. The highest BCUT2D eigenvalue weighted by atomic mass is 16.5. The number of cyclic esters (lactones) is 1. The van der Waals surface area contributed by atoms with Crippen LogP contribution in [-0.4, -0.2) is 19.2 Å². The summed E-state index contributed by atoms with van der Waals surface area (Å²) in [7, 11) is 1.76. The molecule has 2 aliphatic rings. The fourth-order valence-electron chi connectivity index (χ4n) is 3.56. The highest BCUT2D eigenvalue weighted by Crippen LogP contribution is 2.39. The Morgan fingerprint density at radius 1 is 1.23 bits per heavy atom. The molecule has 0 amide bonds. The number of hydrogen-bond donors (Lipinski definition) is 0. The van der Waals surface area contributed by atoms with E-state index < -0.39 is 0 Å². The maximum absolute atomic E-state index is 12.2. The molecule has 3 heteroatoms. The van der Waals surface area contributed by atoms with Crippen molar-refractivity contribution in [3.63, 3.8) is 0 Å². The molecule has 1 fully saturated rings. The number of aryl methyl sites for hydroxylation is 2. The summed E-state index contributed by atoms with van der Waals surface area (Å²) in [5, 5.41) is 0. The van der Waals surface area contributed by atoms with Gasteiger partial charge in [0.25, 0.3) is 0 Å². The highest BCUT2D eigenvalue weighted by Gasteiger charge is 2.37. The minimum absolute atomic E-state index is 0.0414. The van der Waals surface area contributed by atoms with Crippen LogP contribution in [0.2, 0.25) is 0 Å². The summed E-state index contributed by atoms with van der Waals surface area (Å²) in [6.45, 7) is 4.21. The number of rotatable bonds is 3. The number of benzene rings is 1. The van der Waals surface area contributed by atoms with Crippen molar-refractivity contribution in [3.8, 4) is 0 Å². The van der Waals surface area contributed by atoms with Crippen LogP contribution in [0.15, 0.2) is 29.5 Å². The third-order valence-electron chi connectivity index (χ3n) is 4.99. The van der Waals surface area contributed by atoms with Crippen molar-refractivity contribution >= 4 is 5.97 Å². The lowest BCUT2D eigenvalue weighted by Gasteiger charge is -2.12. The van der Waals surface area contributed by atoms with Gasteiger partial charge in [-0.1, -0.05) is 23.8 Å². The SMILES string of the molecule is CO[C@@H]1CCC2=C(Cc3cc(C)ccc3C)OC(=O)C2CC1. The van der Waals surface area contributed by atoms with E-state index in [0.29, 0.717) is 0 Å². The number of carbonyl (C=O) groups excluding carboxylic acids is 1. The predicted octanol–water partition coefficient (Wildman–Crippen LogP) is 3.86. The Labute approximate surface area is 132 Å². The van der Waals surface area contributed by atoms with Crippen molar-refractivity contribution in [3.05, 3.63) is 46.2 Å². The summed E-state index contributed by atoms with van der Waals surface area (Å²) in [5.41, 5.74) is 4.96. The summed E-state index contributed by atoms with van der Waals surface area (Å²) < 4.78 is 11.1. The molecule has 118 valence electrons. The molecule has 0 radical (unpaired) electrons. The number of ether oxygens (including phenoxy) is 2. The molecular weight excluding hydrogens is 276 g/mol. The Morgan fingerprint density at radius 2 is 2.05 bits per heavy atom. The van der Waals surface area contributed by atoms with Crippen molar-refractivity contribution in [2.75, 3.05) is 7.11 Å². The van der Waals surface area contributed by atoms with E-state index >= 15 is 0 Å². The first-order valence-electron chi connectivity index (χ1n) is 8.11. The van der Waals surface area contributed by atoms with Gasteiger partial charge in [-0.2, -0.15) is 0 Å². The molecule has 1 heterocycles. The Kier molecular flexibility index (Phi) is 4.34. The van der Waals surface area contributed by atoms with E-state index in [-0.39, 0.29) is 18.0 Å². The molecule has 1 saturated carbocycles. The largest absolute Gasteiger partial charge is 0.430 e. The number of allylic oxidation sites excluding steroid dienone is 1. The van der Waals surface area contributed by atoms with Crippen molar-refractivity contribution in [2.24, 2.45) is 5.92 Å². The summed E-state index contributed by atoms with van der Waals surface area (Å²) in [6, 6.07) is 6.45. The van der Waals surface area contributed by atoms with Crippen LogP contribution < -0.4 is 0 Å². The summed E-state index contributed by atoms with van der Waals surface area (Å²) >= 11 is 0. The van der Waals surface area contributed by atoms with Crippen LogP contribution >= 0.6 is 0 Å². The molecular formula is C19H24O3. The maximum atomic E-state index is 12.2. The minimum Gasteiger partial charge on any atom is -0.430 e. The van der Waals surface area contributed by atoms with E-state index in [1.165, 1.54) is 22.3 Å². The van der Waals surface area contributed by atoms with Crippen LogP contribution in [0.4, 0.5) is 0 Å². The predicted molar refractivity (Wildman–Crippen MR) is 85.5 cm³/mol. The Balaban J connectivity index is 1.87. The number of esters is 1. The molecule has 1 aliphatic carbocycles. The first-order valence-corrected chi connectivity index (χ1v) is 8.11. The fraction of sp³-hybridized carbons (Fsp3) is 0.526. The lowest BCUT2D eigenvalue weighted by atomic mass is 9.93. The van der Waals surface area contributed by atoms with Crippen molar-refractivity contribution in [1.29, 1.82) is 0 Å². The van der Waals surface area contributed by atoms with Gasteiger partial charge in [0.05, 0.1) is 12.0 Å². The highest BCUT2D eigenvalue weighted by molar-refractivity contribution is 5.80. The zero-order valence-corrected chi connectivity index (χ0v) is 13.6. The van der Waals surface area contributed by atoms with Crippen LogP contribution in [0.5, 0.6) is 0 Å². The van der Waals surface area contributed by atoms with Gasteiger partial charge < -0.3 is 9.47 Å². The molecule has 3 nitrogen and oxygen atoms in total. The average molecular weight is 300 g/mol. The lowest BCUT2D eigenvalue weighted by Crippen LogP contribution is -2.12. The van der Waals surface area contributed by atoms with Crippen LogP contribution in [0.3, 0.4) is 0 Å². The van der Waals surface area contributed by atoms with Gasteiger partial charge in [0.15, 0.2) is 0 Å². The van der Waals surface area contributed by atoms with Crippen LogP contribution in [0.25, 0.3) is 0 Å². The molecule has 3 rings (SSSR count). The molecule has 0 saturated heterocycles. The second-order valence-electron chi connectivity index (χ2n) is 6.50. The molecule has 2 atom stereocenters. The molecule has 1 aliphatic heterocycles. The standard InChI is InChI=1S/C19H24O3/c1-12-4-5-13(2)14(10-12)11-18-16-8-6-15(21-3)7-9-17(16)19(20)22-18/h4-5,10,15,17H,6-9,11H2,1-3H3/t15-,17?/m1/s1. The number of hydrogen-bond acceptors (Lipinski definition) is 3. The van der Waals surface area contributed by atoms with Crippen LogP contribution in [0.1, 0.15) is 42.4 Å². The minimum atomic E-state index is -0.0629. The molecule has 0 spiro atoms. The van der Waals surface area contributed by atoms with Gasteiger partial charge in [-0.3, -0.25) is 4.79 Å². The smallest absolute Gasteiger partial charge is 0.318 e. The molecule has 22 heavy (non-hydrogen) atoms. The van der Waals surface area contributed by atoms with E-state index in [1.54, 1.807) is 7.11 Å². The quantitative estimate of drug-likeness (QED) is 0.795. The van der Waals surface area contributed by atoms with Crippen molar-refractivity contribution in [1.82, 2.24) is 0 Å². The molecule has 0 N–H and O–H groups in total. The second-order valence-corrected chi connectivity index (χ2v) is 6.50. The molecule has 0 bridgehead atoms. The van der Waals surface area contributed by atoms with Crippen molar-refractivity contribution in [2.45, 2.75) is 52.1 Å². The summed E-state index contributed by atoms with van der Waals surface area (Å²) in [4.78, 5) is 12.2. The van der Waals surface area contributed by atoms with Gasteiger partial charge >= 0.3 is 5.97 Å². The van der Waals surface area contributed by atoms with Gasteiger partial charge in [-0.25, -0.2) is 0 Å². The van der Waals surface area contributed by atoms with E-state index in [4.69, 9.17) is 9.47 Å². The lowest BCUT2D eigenvalue weighted by molar-refractivity contribution is -0.140. The molecule has 1 aromatic carbocycles. The first kappa shape index (κ1) is 15.3. The van der Waals surface area contributed by atoms with E-state index in [9.17, 15) is 4.79 Å². The third-order valence-corrected chi connectivity index (χ3v) is 4.99. The number of fused-ring (bicyclic) bond motifs is 1. The number of methoxy groups -OCH3 is 1. The van der Waals surface area contributed by atoms with Crippen LogP contribution in [0, 0.1) is 19.8 Å². The zero-order valence-electron chi connectivity index (χ0n) is 13.6. The molecule has 0 aromatic heterocycles. The van der Waals surface area contributed by atoms with Gasteiger partial charge in [0.2, 0.25) is 0 Å². The van der Waals surface area contributed by atoms with E-state index in [0.717, 1.165) is 37.9 Å². The van der Waals surface area contributed by atoms with E-state index in [2.05, 4.69) is 32.0 Å². The van der Waals surface area contributed by atoms with Gasteiger partial charge in [0, 0.05) is 13.5 Å². The topological polar surface area (TPSA) is 35.5 Å². The van der Waals surface area contributed by atoms with Gasteiger partial charge in [0.1, 0.15) is 5.76 Å². The third kappa shape index (κ3) is 2.95. The van der Waals surface area contributed by atoms with Gasteiger partial charge in [-0.05, 0) is 56.2 Å². The number of carbonyl (C=O) groups is 1. The van der Waals surface area contributed by atoms with E-state index in [1.807, 2.05) is 0 Å². The monoisotopic (exact) mass is 300 g/mol. The second kappa shape index (κ2) is 6.25. The zero-order chi connectivity index (χ0) is 15.7. The summed E-state index contributed by atoms with van der Waals surface area (Å²) in [6.07, 6.45) is 4.68. The normalized spacial score (nSPS) is 25.0. The van der Waals surface area contributed by atoms with Crippen molar-refractivity contribution < 1.29 is 14.3 Å². The first-order chi connectivity index (χ1) is 10.6. The average Bonchev–Trinajstić information content (AvgIpc) is 2.68. The molecule has 1 unspecified atom stereocenters. The van der Waals surface area contributed by atoms with Gasteiger partial charge in [-0.15, -0.1) is 0 Å². The molecule has 1 aromatic rings.